The third-order valence-electron chi connectivity index (χ3n) is 6.15. The number of nitrogens with zero attached hydrogens (tertiary/aromatic N) is 1. The Labute approximate surface area is 160 Å². The zero-order valence-corrected chi connectivity index (χ0v) is 15.8. The van der Waals surface area contributed by atoms with E-state index >= 15 is 0 Å². The Morgan fingerprint density at radius 3 is 2.63 bits per heavy atom. The smallest absolute Gasteiger partial charge is 0.212 e. The molecule has 5 rings (SSSR count). The molecule has 2 nitrogen and oxygen atoms in total. The number of anilines is 1. The van der Waals surface area contributed by atoms with Crippen molar-refractivity contribution >= 4 is 22.5 Å². The van der Waals surface area contributed by atoms with Crippen molar-refractivity contribution < 1.29 is 4.74 Å². The summed E-state index contributed by atoms with van der Waals surface area (Å²) in [5.74, 6) is 0.936. The molecular formula is C25H23NO. The molecule has 0 aliphatic carbocycles. The molecule has 0 aromatic heterocycles. The van der Waals surface area contributed by atoms with Crippen LogP contribution in [-0.4, -0.2) is 12.3 Å². The minimum Gasteiger partial charge on any atom is -0.463 e. The van der Waals surface area contributed by atoms with Crippen molar-refractivity contribution in [1.82, 2.24) is 0 Å². The normalized spacial score (nSPS) is 21.8. The van der Waals surface area contributed by atoms with Crippen LogP contribution >= 0.6 is 0 Å². The fourth-order valence-corrected chi connectivity index (χ4v) is 4.73. The maximum Gasteiger partial charge on any atom is 0.212 e. The second-order valence-electron chi connectivity index (χ2n) is 7.87. The van der Waals surface area contributed by atoms with Crippen LogP contribution in [0.25, 0.3) is 16.8 Å². The van der Waals surface area contributed by atoms with Gasteiger partial charge in [0.05, 0.1) is 5.41 Å². The standard InChI is InChI=1S/C25H23NO/c1-4-17-26-22-12-8-7-11-21(22)24(2,3)25(26)16-15-20-19-10-6-5-9-18(19)13-14-23(20)27-25/h4-16H,1,17H2,2-3H3/t25-/m1/s1. The summed E-state index contributed by atoms with van der Waals surface area (Å²) < 4.78 is 6.84. The average molecular weight is 353 g/mol. The SMILES string of the molecule is C=CCN1c2ccccc2C(C)(C)[C@]12C=Cc1c(ccc3ccccc13)O2. The van der Waals surface area contributed by atoms with Crippen molar-refractivity contribution in [1.29, 1.82) is 0 Å². The first kappa shape index (κ1) is 16.2. The molecule has 27 heavy (non-hydrogen) atoms. The molecule has 0 bridgehead atoms. The zero-order valence-electron chi connectivity index (χ0n) is 15.8. The van der Waals surface area contributed by atoms with Gasteiger partial charge in [-0.3, -0.25) is 0 Å². The highest BCUT2D eigenvalue weighted by Crippen LogP contribution is 2.55. The first-order valence-corrected chi connectivity index (χ1v) is 9.46. The fourth-order valence-electron chi connectivity index (χ4n) is 4.73. The van der Waals surface area contributed by atoms with E-state index in [-0.39, 0.29) is 5.41 Å². The second-order valence-corrected chi connectivity index (χ2v) is 7.87. The van der Waals surface area contributed by atoms with Crippen LogP contribution in [0.15, 0.2) is 79.4 Å². The van der Waals surface area contributed by atoms with Crippen LogP contribution in [0.4, 0.5) is 5.69 Å². The Hall–Kier alpha value is -3.00. The summed E-state index contributed by atoms with van der Waals surface area (Å²) in [6, 6.07) is 21.3. The molecule has 0 unspecified atom stereocenters. The molecule has 0 saturated heterocycles. The van der Waals surface area contributed by atoms with Crippen molar-refractivity contribution in [2.45, 2.75) is 25.0 Å². The van der Waals surface area contributed by atoms with Crippen LogP contribution in [0, 0.1) is 0 Å². The third-order valence-corrected chi connectivity index (χ3v) is 6.15. The minimum atomic E-state index is -0.569. The predicted octanol–water partition coefficient (Wildman–Crippen LogP) is 5.93. The summed E-state index contributed by atoms with van der Waals surface area (Å²) in [6.45, 7) is 9.25. The Morgan fingerprint density at radius 2 is 1.78 bits per heavy atom. The van der Waals surface area contributed by atoms with Crippen molar-refractivity contribution in [3.63, 3.8) is 0 Å². The lowest BCUT2D eigenvalue weighted by Crippen LogP contribution is -2.59. The summed E-state index contributed by atoms with van der Waals surface area (Å²) in [7, 11) is 0. The van der Waals surface area contributed by atoms with Gasteiger partial charge in [0.2, 0.25) is 5.72 Å². The number of para-hydroxylation sites is 1. The predicted molar refractivity (Wildman–Crippen MR) is 113 cm³/mol. The van der Waals surface area contributed by atoms with Gasteiger partial charge in [0.1, 0.15) is 5.75 Å². The number of benzene rings is 3. The minimum absolute atomic E-state index is 0.202. The molecule has 0 saturated carbocycles. The van der Waals surface area contributed by atoms with Crippen molar-refractivity contribution in [3.8, 4) is 5.75 Å². The summed E-state index contributed by atoms with van der Waals surface area (Å²) >= 11 is 0. The largest absolute Gasteiger partial charge is 0.463 e. The van der Waals surface area contributed by atoms with E-state index in [1.807, 2.05) is 6.08 Å². The Balaban J connectivity index is 1.73. The van der Waals surface area contributed by atoms with E-state index in [0.717, 1.165) is 17.9 Å². The van der Waals surface area contributed by atoms with E-state index in [2.05, 4.69) is 98.1 Å². The molecule has 3 aromatic carbocycles. The fraction of sp³-hybridized carbons (Fsp3) is 0.200. The highest BCUT2D eigenvalue weighted by molar-refractivity contribution is 5.94. The van der Waals surface area contributed by atoms with E-state index in [1.165, 1.54) is 22.0 Å². The topological polar surface area (TPSA) is 12.5 Å². The van der Waals surface area contributed by atoms with Gasteiger partial charge in [-0.15, -0.1) is 6.58 Å². The van der Waals surface area contributed by atoms with Crippen molar-refractivity contribution in [2.75, 3.05) is 11.4 Å². The number of hydrogen-bond acceptors (Lipinski definition) is 2. The van der Waals surface area contributed by atoms with Crippen LogP contribution in [-0.2, 0) is 5.41 Å². The van der Waals surface area contributed by atoms with E-state index in [0.29, 0.717) is 0 Å². The van der Waals surface area contributed by atoms with Crippen molar-refractivity contribution in [3.05, 3.63) is 90.5 Å². The molecule has 2 heterocycles. The third kappa shape index (κ3) is 2.01. The van der Waals surface area contributed by atoms with E-state index in [9.17, 15) is 0 Å². The van der Waals surface area contributed by atoms with Gasteiger partial charge in [-0.05, 0) is 54.5 Å². The van der Waals surface area contributed by atoms with E-state index < -0.39 is 5.72 Å². The van der Waals surface area contributed by atoms with Crippen LogP contribution in [0.2, 0.25) is 0 Å². The zero-order chi connectivity index (χ0) is 18.6. The molecule has 2 aliphatic heterocycles. The second kappa shape index (κ2) is 5.50. The van der Waals surface area contributed by atoms with E-state index in [1.54, 1.807) is 0 Å². The maximum absolute atomic E-state index is 6.84. The molecule has 1 spiro atoms. The average Bonchev–Trinajstić information content (AvgIpc) is 2.87. The molecule has 2 aliphatic rings. The van der Waals surface area contributed by atoms with Gasteiger partial charge >= 0.3 is 0 Å². The molecule has 2 heteroatoms. The number of rotatable bonds is 2. The highest BCUT2D eigenvalue weighted by Gasteiger charge is 2.58. The molecule has 0 radical (unpaired) electrons. The van der Waals surface area contributed by atoms with Crippen LogP contribution < -0.4 is 9.64 Å². The van der Waals surface area contributed by atoms with Gasteiger partial charge < -0.3 is 9.64 Å². The van der Waals surface area contributed by atoms with Crippen LogP contribution in [0.3, 0.4) is 0 Å². The Morgan fingerprint density at radius 1 is 1.00 bits per heavy atom. The molecule has 0 fully saturated rings. The first-order valence-electron chi connectivity index (χ1n) is 9.46. The number of ether oxygens (including phenoxy) is 1. The molecule has 134 valence electrons. The molecule has 1 atom stereocenters. The Kier molecular flexibility index (Phi) is 3.30. The lowest BCUT2D eigenvalue weighted by molar-refractivity contribution is 0.0558. The lowest BCUT2D eigenvalue weighted by atomic mass is 9.76. The summed E-state index contributed by atoms with van der Waals surface area (Å²) in [5.41, 5.74) is 2.91. The molecule has 0 amide bonds. The van der Waals surface area contributed by atoms with Crippen molar-refractivity contribution in [2.24, 2.45) is 0 Å². The number of fused-ring (bicyclic) bond motifs is 4. The summed E-state index contributed by atoms with van der Waals surface area (Å²) in [6.07, 6.45) is 6.43. The maximum atomic E-state index is 6.84. The van der Waals surface area contributed by atoms with Crippen LogP contribution in [0.1, 0.15) is 25.0 Å². The van der Waals surface area contributed by atoms with Gasteiger partial charge in [0, 0.05) is 17.8 Å². The quantitative estimate of drug-likeness (QED) is 0.530. The monoisotopic (exact) mass is 353 g/mol. The molecular weight excluding hydrogens is 330 g/mol. The Bertz CT molecular complexity index is 1090. The first-order chi connectivity index (χ1) is 13.1. The molecule has 3 aromatic rings. The summed E-state index contributed by atoms with van der Waals surface area (Å²) in [4.78, 5) is 2.34. The van der Waals surface area contributed by atoms with Gasteiger partial charge in [0.15, 0.2) is 0 Å². The molecule has 0 N–H and O–H groups in total. The van der Waals surface area contributed by atoms with Gasteiger partial charge in [-0.1, -0.05) is 54.6 Å². The summed E-state index contributed by atoms with van der Waals surface area (Å²) in [5, 5.41) is 2.46. The van der Waals surface area contributed by atoms with E-state index in [4.69, 9.17) is 4.74 Å². The van der Waals surface area contributed by atoms with Gasteiger partial charge in [-0.25, -0.2) is 0 Å². The van der Waals surface area contributed by atoms with Crippen LogP contribution in [0.5, 0.6) is 5.75 Å². The highest BCUT2D eigenvalue weighted by atomic mass is 16.5. The van der Waals surface area contributed by atoms with Gasteiger partial charge in [0.25, 0.3) is 0 Å². The lowest BCUT2D eigenvalue weighted by Gasteiger charge is -2.47. The number of hydrogen-bond donors (Lipinski definition) is 0. The van der Waals surface area contributed by atoms with Gasteiger partial charge in [-0.2, -0.15) is 0 Å².